The Morgan fingerprint density at radius 3 is 2.58 bits per heavy atom. The van der Waals surface area contributed by atoms with Crippen LogP contribution in [-0.2, 0) is 24.2 Å². The van der Waals surface area contributed by atoms with Crippen molar-refractivity contribution in [2.24, 2.45) is 0 Å². The van der Waals surface area contributed by atoms with Crippen LogP contribution in [0.3, 0.4) is 0 Å². The summed E-state index contributed by atoms with van der Waals surface area (Å²) in [5, 5.41) is 2.91. The van der Waals surface area contributed by atoms with Gasteiger partial charge in [0, 0.05) is 18.2 Å². The highest BCUT2D eigenvalue weighted by atomic mass is 16.5. The van der Waals surface area contributed by atoms with Crippen molar-refractivity contribution in [3.05, 3.63) is 59.2 Å². The van der Waals surface area contributed by atoms with Crippen LogP contribution in [0.2, 0.25) is 0 Å². The molecule has 0 aromatic heterocycles. The van der Waals surface area contributed by atoms with E-state index in [4.69, 9.17) is 4.74 Å². The van der Waals surface area contributed by atoms with Gasteiger partial charge in [-0.3, -0.25) is 4.79 Å². The summed E-state index contributed by atoms with van der Waals surface area (Å²) in [6, 6.07) is 14.6. The van der Waals surface area contributed by atoms with Crippen LogP contribution < -0.4 is 10.1 Å². The summed E-state index contributed by atoms with van der Waals surface area (Å²) in [6.45, 7) is 2.77. The largest absolute Gasteiger partial charge is 0.489 e. The molecule has 3 nitrogen and oxygen atoms in total. The summed E-state index contributed by atoms with van der Waals surface area (Å²) in [6.07, 6.45) is 6.33. The van der Waals surface area contributed by atoms with Gasteiger partial charge in [-0.1, -0.05) is 50.1 Å². The van der Waals surface area contributed by atoms with E-state index >= 15 is 0 Å². The molecular formula is C21H25NO2. The molecule has 1 aliphatic rings. The van der Waals surface area contributed by atoms with Crippen LogP contribution in [-0.4, -0.2) is 5.91 Å². The summed E-state index contributed by atoms with van der Waals surface area (Å²) >= 11 is 0. The molecule has 2 aromatic rings. The van der Waals surface area contributed by atoms with E-state index in [2.05, 4.69) is 36.5 Å². The highest BCUT2D eigenvalue weighted by Gasteiger charge is 2.15. The molecule has 0 saturated heterocycles. The van der Waals surface area contributed by atoms with Gasteiger partial charge in [0.05, 0.1) is 0 Å². The summed E-state index contributed by atoms with van der Waals surface area (Å²) in [7, 11) is 0. The number of benzene rings is 2. The summed E-state index contributed by atoms with van der Waals surface area (Å²) in [5.74, 6) is 0.876. The molecule has 0 atom stereocenters. The van der Waals surface area contributed by atoms with Crippen LogP contribution in [0.4, 0.5) is 5.69 Å². The first-order valence-corrected chi connectivity index (χ1v) is 8.88. The van der Waals surface area contributed by atoms with Crippen molar-refractivity contribution in [1.82, 2.24) is 0 Å². The molecule has 3 rings (SSSR count). The zero-order chi connectivity index (χ0) is 16.8. The lowest BCUT2D eigenvalue weighted by molar-refractivity contribution is -0.116. The lowest BCUT2D eigenvalue weighted by Gasteiger charge is -2.17. The molecule has 0 bridgehead atoms. The molecule has 1 N–H and O–H groups in total. The minimum Gasteiger partial charge on any atom is -0.489 e. The number of hydrogen-bond donors (Lipinski definition) is 1. The molecule has 0 aliphatic carbocycles. The van der Waals surface area contributed by atoms with Crippen LogP contribution in [0.1, 0.15) is 49.3 Å². The SMILES string of the molecule is CCCCCc1ccc(COc2ccc3c(c2)NC(=O)CC3)cc1. The first kappa shape index (κ1) is 16.6. The standard InChI is InChI=1S/C21H25NO2/c1-2-3-4-5-16-6-8-17(9-7-16)15-24-19-12-10-18-11-13-21(23)22-20(18)14-19/h6-10,12,14H,2-5,11,13,15H2,1H3,(H,22,23). The number of carbonyl (C=O) groups is 1. The lowest BCUT2D eigenvalue weighted by Crippen LogP contribution is -2.18. The number of carbonyl (C=O) groups excluding carboxylic acids is 1. The molecule has 2 aromatic carbocycles. The fourth-order valence-electron chi connectivity index (χ4n) is 2.99. The second kappa shape index (κ2) is 8.00. The number of anilines is 1. The van der Waals surface area contributed by atoms with Gasteiger partial charge in [0.2, 0.25) is 5.91 Å². The third-order valence-electron chi connectivity index (χ3n) is 4.47. The number of fused-ring (bicyclic) bond motifs is 1. The first-order valence-electron chi connectivity index (χ1n) is 8.88. The Hall–Kier alpha value is -2.29. The summed E-state index contributed by atoms with van der Waals surface area (Å²) < 4.78 is 5.88. The van der Waals surface area contributed by atoms with Crippen LogP contribution in [0.5, 0.6) is 5.75 Å². The number of ether oxygens (including phenoxy) is 1. The van der Waals surface area contributed by atoms with Crippen LogP contribution in [0.15, 0.2) is 42.5 Å². The van der Waals surface area contributed by atoms with E-state index < -0.39 is 0 Å². The van der Waals surface area contributed by atoms with Gasteiger partial charge in [-0.15, -0.1) is 0 Å². The molecule has 0 radical (unpaired) electrons. The number of amides is 1. The second-order valence-corrected chi connectivity index (χ2v) is 6.43. The third-order valence-corrected chi connectivity index (χ3v) is 4.47. The van der Waals surface area contributed by atoms with Crippen molar-refractivity contribution < 1.29 is 9.53 Å². The van der Waals surface area contributed by atoms with Crippen molar-refractivity contribution in [3.8, 4) is 5.75 Å². The molecule has 126 valence electrons. The Labute approximate surface area is 144 Å². The predicted molar refractivity (Wildman–Crippen MR) is 97.4 cm³/mol. The Morgan fingerprint density at radius 2 is 1.79 bits per heavy atom. The second-order valence-electron chi connectivity index (χ2n) is 6.43. The molecule has 0 unspecified atom stereocenters. The Morgan fingerprint density at radius 1 is 1.00 bits per heavy atom. The van der Waals surface area contributed by atoms with Gasteiger partial charge in [-0.25, -0.2) is 0 Å². The fourth-order valence-corrected chi connectivity index (χ4v) is 2.99. The van der Waals surface area contributed by atoms with Gasteiger partial charge < -0.3 is 10.1 Å². The molecule has 1 aliphatic heterocycles. The number of hydrogen-bond acceptors (Lipinski definition) is 2. The van der Waals surface area contributed by atoms with Crippen LogP contribution in [0.25, 0.3) is 0 Å². The predicted octanol–water partition coefficient (Wildman–Crippen LogP) is 4.88. The quantitative estimate of drug-likeness (QED) is 0.737. The molecule has 1 heterocycles. The molecule has 0 spiro atoms. The van der Waals surface area contributed by atoms with E-state index in [1.807, 2.05) is 18.2 Å². The van der Waals surface area contributed by atoms with Crippen LogP contribution in [0, 0.1) is 0 Å². The number of nitrogens with one attached hydrogen (secondary N) is 1. The van der Waals surface area contributed by atoms with Crippen molar-refractivity contribution in [1.29, 1.82) is 0 Å². The zero-order valence-electron chi connectivity index (χ0n) is 14.3. The molecule has 3 heteroatoms. The first-order chi connectivity index (χ1) is 11.7. The highest BCUT2D eigenvalue weighted by molar-refractivity contribution is 5.94. The van der Waals surface area contributed by atoms with Crippen LogP contribution >= 0.6 is 0 Å². The Kier molecular flexibility index (Phi) is 5.52. The normalized spacial score (nSPS) is 13.3. The van der Waals surface area contributed by atoms with E-state index in [9.17, 15) is 4.79 Å². The van der Waals surface area contributed by atoms with Gasteiger partial charge in [-0.05, 0) is 42.0 Å². The Bertz CT molecular complexity index is 691. The van der Waals surface area contributed by atoms with Gasteiger partial charge in [-0.2, -0.15) is 0 Å². The number of rotatable bonds is 7. The maximum atomic E-state index is 11.5. The maximum absolute atomic E-state index is 11.5. The van der Waals surface area contributed by atoms with E-state index in [1.54, 1.807) is 0 Å². The van der Waals surface area contributed by atoms with Crippen molar-refractivity contribution in [2.75, 3.05) is 5.32 Å². The molecule has 0 saturated carbocycles. The monoisotopic (exact) mass is 323 g/mol. The molecular weight excluding hydrogens is 298 g/mol. The summed E-state index contributed by atoms with van der Waals surface area (Å²) in [5.41, 5.74) is 4.62. The average Bonchev–Trinajstić information content (AvgIpc) is 2.61. The molecule has 0 fully saturated rings. The number of unbranched alkanes of at least 4 members (excludes halogenated alkanes) is 2. The van der Waals surface area contributed by atoms with Gasteiger partial charge >= 0.3 is 0 Å². The van der Waals surface area contributed by atoms with Gasteiger partial charge in [0.15, 0.2) is 0 Å². The average molecular weight is 323 g/mol. The number of aryl methyl sites for hydroxylation is 2. The smallest absolute Gasteiger partial charge is 0.224 e. The third kappa shape index (κ3) is 4.38. The highest BCUT2D eigenvalue weighted by Crippen LogP contribution is 2.27. The van der Waals surface area contributed by atoms with E-state index in [1.165, 1.54) is 30.4 Å². The van der Waals surface area contributed by atoms with Crippen molar-refractivity contribution in [2.45, 2.75) is 52.1 Å². The van der Waals surface area contributed by atoms with Gasteiger partial charge in [0.25, 0.3) is 0 Å². The van der Waals surface area contributed by atoms with Crippen molar-refractivity contribution >= 4 is 11.6 Å². The van der Waals surface area contributed by atoms with E-state index in [0.717, 1.165) is 29.8 Å². The summed E-state index contributed by atoms with van der Waals surface area (Å²) in [4.78, 5) is 11.5. The van der Waals surface area contributed by atoms with Crippen molar-refractivity contribution in [3.63, 3.8) is 0 Å². The van der Waals surface area contributed by atoms with Gasteiger partial charge in [0.1, 0.15) is 12.4 Å². The maximum Gasteiger partial charge on any atom is 0.224 e. The van der Waals surface area contributed by atoms with E-state index in [0.29, 0.717) is 13.0 Å². The topological polar surface area (TPSA) is 38.3 Å². The van der Waals surface area contributed by atoms with E-state index in [-0.39, 0.29) is 5.91 Å². The minimum atomic E-state index is 0.0818. The fraction of sp³-hybridized carbons (Fsp3) is 0.381. The minimum absolute atomic E-state index is 0.0818. The molecule has 24 heavy (non-hydrogen) atoms. The zero-order valence-corrected chi connectivity index (χ0v) is 14.3. The lowest BCUT2D eigenvalue weighted by atomic mass is 10.0. The Balaban J connectivity index is 1.56. The molecule has 1 amide bonds.